The second kappa shape index (κ2) is 15.1. The summed E-state index contributed by atoms with van der Waals surface area (Å²) in [5.41, 5.74) is 2.88. The molecule has 0 aromatic heterocycles. The van der Waals surface area contributed by atoms with Gasteiger partial charge in [-0.05, 0) is 67.1 Å². The van der Waals surface area contributed by atoms with E-state index in [-0.39, 0.29) is 43.8 Å². The fourth-order valence-corrected chi connectivity index (χ4v) is 7.00. The number of hydrogen-bond donors (Lipinski definition) is 1. The predicted octanol–water partition coefficient (Wildman–Crippen LogP) is 6.55. The highest BCUT2D eigenvalue weighted by Gasteiger charge is 2.32. The molecule has 1 unspecified atom stereocenters. The van der Waals surface area contributed by atoms with Crippen molar-refractivity contribution in [1.29, 1.82) is 0 Å². The van der Waals surface area contributed by atoms with Crippen molar-refractivity contribution in [3.8, 4) is 0 Å². The quantitative estimate of drug-likeness (QED) is 0.229. The molecule has 2 amide bonds. The molecule has 3 aromatic rings. The molecule has 0 saturated heterocycles. The lowest BCUT2D eigenvalue weighted by atomic mass is 10.0. The second-order valence-corrected chi connectivity index (χ2v) is 13.9. The van der Waals surface area contributed by atoms with Crippen LogP contribution in [0.25, 0.3) is 0 Å². The molecule has 0 bridgehead atoms. The van der Waals surface area contributed by atoms with Crippen LogP contribution in [-0.4, -0.2) is 50.0 Å². The zero-order valence-electron chi connectivity index (χ0n) is 24.6. The molecule has 0 radical (unpaired) electrons. The van der Waals surface area contributed by atoms with E-state index in [0.717, 1.165) is 43.1 Å². The summed E-state index contributed by atoms with van der Waals surface area (Å²) in [5.74, 6) is -0.419. The van der Waals surface area contributed by atoms with Crippen LogP contribution in [0, 0.1) is 6.92 Å². The topological polar surface area (TPSA) is 86.8 Å². The van der Waals surface area contributed by atoms with Gasteiger partial charge in [0.2, 0.25) is 21.8 Å². The summed E-state index contributed by atoms with van der Waals surface area (Å²) >= 11 is 12.6. The van der Waals surface area contributed by atoms with Crippen LogP contribution in [0.4, 0.5) is 5.69 Å². The minimum Gasteiger partial charge on any atom is -0.352 e. The molecule has 1 aliphatic carbocycles. The van der Waals surface area contributed by atoms with Crippen molar-refractivity contribution in [2.24, 2.45) is 0 Å². The van der Waals surface area contributed by atoms with Gasteiger partial charge in [-0.2, -0.15) is 0 Å². The van der Waals surface area contributed by atoms with E-state index >= 15 is 0 Å². The highest BCUT2D eigenvalue weighted by Crippen LogP contribution is 2.29. The molecule has 230 valence electrons. The van der Waals surface area contributed by atoms with E-state index in [1.54, 1.807) is 42.2 Å². The third-order valence-electron chi connectivity index (χ3n) is 7.87. The van der Waals surface area contributed by atoms with Crippen molar-refractivity contribution >= 4 is 50.7 Å². The van der Waals surface area contributed by atoms with Crippen LogP contribution < -0.4 is 9.62 Å². The Kier molecular flexibility index (Phi) is 11.5. The third kappa shape index (κ3) is 9.21. The van der Waals surface area contributed by atoms with Gasteiger partial charge in [-0.3, -0.25) is 13.9 Å². The normalized spacial score (nSPS) is 14.3. The average molecular weight is 645 g/mol. The number of halogens is 2. The van der Waals surface area contributed by atoms with Crippen LogP contribution in [0.3, 0.4) is 0 Å². The maximum Gasteiger partial charge on any atom is 0.243 e. The monoisotopic (exact) mass is 643 g/mol. The van der Waals surface area contributed by atoms with E-state index in [2.05, 4.69) is 5.32 Å². The molecule has 10 heteroatoms. The van der Waals surface area contributed by atoms with Crippen LogP contribution in [-0.2, 0) is 32.6 Å². The van der Waals surface area contributed by atoms with Crippen molar-refractivity contribution in [2.75, 3.05) is 17.1 Å². The number of carbonyl (C=O) groups is 2. The number of carbonyl (C=O) groups excluding carboxylic acids is 2. The van der Waals surface area contributed by atoms with E-state index in [1.165, 1.54) is 4.31 Å². The van der Waals surface area contributed by atoms with Crippen LogP contribution in [0.5, 0.6) is 0 Å². The predicted molar refractivity (Wildman–Crippen MR) is 174 cm³/mol. The van der Waals surface area contributed by atoms with Crippen molar-refractivity contribution < 1.29 is 18.0 Å². The molecule has 1 atom stereocenters. The van der Waals surface area contributed by atoms with E-state index in [9.17, 15) is 18.0 Å². The second-order valence-electron chi connectivity index (χ2n) is 11.2. The third-order valence-corrected chi connectivity index (χ3v) is 9.70. The van der Waals surface area contributed by atoms with E-state index in [1.807, 2.05) is 42.5 Å². The number of hydrogen-bond acceptors (Lipinski definition) is 4. The molecule has 0 spiro atoms. The SMILES string of the molecule is Cc1c(Cl)cccc1N(CCCC(=O)N(Cc1cccc(Cl)c1)C(Cc1ccccc1)C(=O)NC1CCCC1)S(C)(=O)=O. The van der Waals surface area contributed by atoms with Gasteiger partial charge < -0.3 is 10.2 Å². The molecule has 1 aliphatic rings. The molecule has 43 heavy (non-hydrogen) atoms. The smallest absolute Gasteiger partial charge is 0.243 e. The molecule has 7 nitrogen and oxygen atoms in total. The van der Waals surface area contributed by atoms with Gasteiger partial charge in [0.15, 0.2) is 0 Å². The van der Waals surface area contributed by atoms with Crippen LogP contribution in [0.2, 0.25) is 10.0 Å². The lowest BCUT2D eigenvalue weighted by molar-refractivity contribution is -0.141. The summed E-state index contributed by atoms with van der Waals surface area (Å²) in [6.45, 7) is 2.05. The number of amides is 2. The van der Waals surface area contributed by atoms with Gasteiger partial charge in [0, 0.05) is 42.0 Å². The maximum atomic E-state index is 14.0. The lowest BCUT2D eigenvalue weighted by Gasteiger charge is -2.33. The first-order chi connectivity index (χ1) is 20.5. The zero-order chi connectivity index (χ0) is 31.0. The van der Waals surface area contributed by atoms with Gasteiger partial charge in [0.05, 0.1) is 11.9 Å². The average Bonchev–Trinajstić information content (AvgIpc) is 3.47. The fourth-order valence-electron chi connectivity index (χ4n) is 5.60. The Morgan fingerprint density at radius 2 is 1.63 bits per heavy atom. The summed E-state index contributed by atoms with van der Waals surface area (Å²) in [6, 6.07) is 21.4. The molecule has 0 aliphatic heterocycles. The van der Waals surface area contributed by atoms with Crippen molar-refractivity contribution in [3.05, 3.63) is 99.5 Å². The molecular formula is C33H39Cl2N3O4S. The molecule has 0 heterocycles. The highest BCUT2D eigenvalue weighted by atomic mass is 35.5. The van der Waals surface area contributed by atoms with E-state index < -0.39 is 16.1 Å². The van der Waals surface area contributed by atoms with Crippen LogP contribution in [0.1, 0.15) is 55.2 Å². The molecule has 1 fully saturated rings. The fraction of sp³-hybridized carbons (Fsp3) is 0.394. The number of benzene rings is 3. The van der Waals surface area contributed by atoms with Gasteiger partial charge in [-0.15, -0.1) is 0 Å². The Balaban J connectivity index is 1.60. The minimum atomic E-state index is -3.64. The van der Waals surface area contributed by atoms with Gasteiger partial charge in [-0.1, -0.05) is 84.6 Å². The Hall–Kier alpha value is -3.07. The first kappa shape index (κ1) is 32.8. The number of anilines is 1. The van der Waals surface area contributed by atoms with Crippen LogP contribution >= 0.6 is 23.2 Å². The van der Waals surface area contributed by atoms with Gasteiger partial charge in [-0.25, -0.2) is 8.42 Å². The summed E-state index contributed by atoms with van der Waals surface area (Å²) in [4.78, 5) is 29.5. The Labute approximate surface area is 265 Å². The standard InChI is InChI=1S/C33H39Cl2N3O4S/c1-24-29(35)17-9-18-30(24)38(43(2,41)42)20-10-19-32(39)37(23-26-13-8-14-27(34)21-26)31(22-25-11-4-3-5-12-25)33(40)36-28-15-6-7-16-28/h3-5,8-9,11-14,17-18,21,28,31H,6-7,10,15-16,19-20,22-23H2,1-2H3,(H,36,40). The van der Waals surface area contributed by atoms with Gasteiger partial charge >= 0.3 is 0 Å². The molecule has 1 N–H and O–H groups in total. The van der Waals surface area contributed by atoms with Gasteiger partial charge in [0.1, 0.15) is 6.04 Å². The number of nitrogens with zero attached hydrogens (tertiary/aromatic N) is 2. The Bertz CT molecular complexity index is 1510. The Morgan fingerprint density at radius 3 is 2.30 bits per heavy atom. The molecule has 1 saturated carbocycles. The summed E-state index contributed by atoms with van der Waals surface area (Å²) < 4.78 is 26.8. The maximum absolute atomic E-state index is 14.0. The highest BCUT2D eigenvalue weighted by molar-refractivity contribution is 7.92. The number of sulfonamides is 1. The Morgan fingerprint density at radius 1 is 0.953 bits per heavy atom. The largest absolute Gasteiger partial charge is 0.352 e. The van der Waals surface area contributed by atoms with Crippen LogP contribution in [0.15, 0.2) is 72.8 Å². The van der Waals surface area contributed by atoms with Gasteiger partial charge in [0.25, 0.3) is 0 Å². The summed E-state index contributed by atoms with van der Waals surface area (Å²) in [5, 5.41) is 4.21. The van der Waals surface area contributed by atoms with Crippen molar-refractivity contribution in [1.82, 2.24) is 10.2 Å². The molecule has 4 rings (SSSR count). The number of rotatable bonds is 13. The first-order valence-electron chi connectivity index (χ1n) is 14.6. The lowest BCUT2D eigenvalue weighted by Crippen LogP contribution is -2.52. The van der Waals surface area contributed by atoms with E-state index in [0.29, 0.717) is 27.7 Å². The number of nitrogens with one attached hydrogen (secondary N) is 1. The summed E-state index contributed by atoms with van der Waals surface area (Å²) in [6.07, 6.45) is 5.80. The molecule has 3 aromatic carbocycles. The molecular weight excluding hydrogens is 605 g/mol. The zero-order valence-corrected chi connectivity index (χ0v) is 27.0. The minimum absolute atomic E-state index is 0.0498. The van der Waals surface area contributed by atoms with Crippen molar-refractivity contribution in [2.45, 2.75) is 70.5 Å². The van der Waals surface area contributed by atoms with Crippen molar-refractivity contribution in [3.63, 3.8) is 0 Å². The summed E-state index contributed by atoms with van der Waals surface area (Å²) in [7, 11) is -3.64. The van der Waals surface area contributed by atoms with E-state index in [4.69, 9.17) is 23.2 Å². The first-order valence-corrected chi connectivity index (χ1v) is 17.2.